The van der Waals surface area contributed by atoms with Gasteiger partial charge in [-0.25, -0.2) is 0 Å². The molecule has 1 rings (SSSR count). The average molecular weight is 328 g/mol. The van der Waals surface area contributed by atoms with Crippen molar-refractivity contribution in [2.24, 2.45) is 0 Å². The van der Waals surface area contributed by atoms with Crippen LogP contribution in [0.15, 0.2) is 30.3 Å². The Bertz CT molecular complexity index is 188. The van der Waals surface area contributed by atoms with E-state index >= 15 is 0 Å². The van der Waals surface area contributed by atoms with Gasteiger partial charge in [0.05, 0.1) is 27.7 Å². The van der Waals surface area contributed by atoms with E-state index < -0.39 is 0 Å². The molecule has 14 heavy (non-hydrogen) atoms. The first-order valence-electron chi connectivity index (χ1n) is 4.26. The summed E-state index contributed by atoms with van der Waals surface area (Å²) >= 11 is 0. The molecule has 0 unspecified atom stereocenters. The summed E-state index contributed by atoms with van der Waals surface area (Å²) in [5.41, 5.74) is 5.05. The third-order valence-electron chi connectivity index (χ3n) is 1.13. The van der Waals surface area contributed by atoms with Crippen LogP contribution in [0, 0.1) is 0 Å². The van der Waals surface area contributed by atoms with Crippen LogP contribution < -0.4 is 44.6 Å². The smallest absolute Gasteiger partial charge is 0.0997 e. The molecule has 2 nitrogen and oxygen atoms in total. The summed E-state index contributed by atoms with van der Waals surface area (Å²) < 4.78 is 0. The lowest BCUT2D eigenvalue weighted by molar-refractivity contribution is -0.836. The Morgan fingerprint density at radius 3 is 1.57 bits per heavy atom. The number of hydrogen-bond acceptors (Lipinski definition) is 0. The lowest BCUT2D eigenvalue weighted by Gasteiger charge is -1.88. The fraction of sp³-hybridized carbons (Fsp3) is 0.400. The molecule has 0 aliphatic heterocycles. The molecule has 0 aliphatic rings. The average Bonchev–Trinajstić information content (AvgIpc) is 2.05. The maximum Gasteiger partial charge on any atom is 0.0997 e. The van der Waals surface area contributed by atoms with E-state index in [2.05, 4.69) is 39.0 Å². The van der Waals surface area contributed by atoms with Crippen LogP contribution in [0.2, 0.25) is 0 Å². The predicted octanol–water partition coefficient (Wildman–Crippen LogP) is -6.80. The normalized spacial score (nSPS) is 7.79. The van der Waals surface area contributed by atoms with Gasteiger partial charge in [0.15, 0.2) is 0 Å². The fourth-order valence-corrected chi connectivity index (χ4v) is 0.645. The van der Waals surface area contributed by atoms with Gasteiger partial charge in [-0.15, -0.1) is 0 Å². The molecule has 0 aliphatic carbocycles. The van der Waals surface area contributed by atoms with Gasteiger partial charge in [-0.2, -0.15) is 0 Å². The number of halogens is 2. The molecule has 0 fully saturated rings. The number of quaternary nitrogens is 2. The van der Waals surface area contributed by atoms with Crippen LogP contribution >= 0.6 is 0 Å². The first kappa shape index (κ1) is 19.6. The minimum Gasteiger partial charge on any atom is -1.00 e. The number of rotatable bonds is 1. The second-order valence-corrected chi connectivity index (χ2v) is 3.24. The van der Waals surface area contributed by atoms with Crippen LogP contribution in [0.5, 0.6) is 0 Å². The first-order valence-corrected chi connectivity index (χ1v) is 4.26. The van der Waals surface area contributed by atoms with E-state index in [9.17, 15) is 0 Å². The van der Waals surface area contributed by atoms with E-state index in [4.69, 9.17) is 0 Å². The van der Waals surface area contributed by atoms with Crippen LogP contribution in [-0.4, -0.2) is 21.1 Å². The van der Waals surface area contributed by atoms with Gasteiger partial charge in [0.1, 0.15) is 0 Å². The zero-order valence-electron chi connectivity index (χ0n) is 9.06. The summed E-state index contributed by atoms with van der Waals surface area (Å²) in [4.78, 5) is 1.42. The quantitative estimate of drug-likeness (QED) is 0.514. The van der Waals surface area contributed by atoms with Crippen molar-refractivity contribution in [3.63, 3.8) is 0 Å². The molecule has 0 bridgehead atoms. The Balaban J connectivity index is -0.000000180. The molecule has 0 saturated carbocycles. The fourth-order valence-electron chi connectivity index (χ4n) is 0.645. The molecule has 0 heterocycles. The van der Waals surface area contributed by atoms with E-state index in [1.165, 1.54) is 10.5 Å². The Labute approximate surface area is 108 Å². The van der Waals surface area contributed by atoms with Gasteiger partial charge in [-0.3, -0.25) is 0 Å². The van der Waals surface area contributed by atoms with Gasteiger partial charge in [0, 0.05) is 5.56 Å². The summed E-state index contributed by atoms with van der Waals surface area (Å²) in [5.74, 6) is 0. The summed E-state index contributed by atoms with van der Waals surface area (Å²) in [6, 6.07) is 10.2. The molecule has 0 amide bonds. The Morgan fingerprint density at radius 2 is 1.36 bits per heavy atom. The number of benzene rings is 1. The van der Waals surface area contributed by atoms with Crippen LogP contribution in [-0.2, 0) is 6.54 Å². The van der Waals surface area contributed by atoms with E-state index in [0.29, 0.717) is 0 Å². The third kappa shape index (κ3) is 14.6. The van der Waals surface area contributed by atoms with Gasteiger partial charge in [0.25, 0.3) is 0 Å². The second kappa shape index (κ2) is 13.1. The zero-order chi connectivity index (χ0) is 9.40. The molecule has 0 atom stereocenters. The highest BCUT2D eigenvalue weighted by Crippen LogP contribution is 1.93. The monoisotopic (exact) mass is 326 g/mol. The van der Waals surface area contributed by atoms with Gasteiger partial charge < -0.3 is 44.6 Å². The highest BCUT2D eigenvalue weighted by molar-refractivity contribution is 5.12. The Morgan fingerprint density at radius 1 is 1.00 bits per heavy atom. The highest BCUT2D eigenvalue weighted by Gasteiger charge is 1.82. The molecule has 4 N–H and O–H groups in total. The summed E-state index contributed by atoms with van der Waals surface area (Å²) in [7, 11) is 6.25. The molecule has 4 heteroatoms. The van der Waals surface area contributed by atoms with Crippen molar-refractivity contribution < 1.29 is 44.6 Å². The summed E-state index contributed by atoms with van der Waals surface area (Å²) in [6.45, 7) is 0.890. The lowest BCUT2D eigenvalue weighted by Crippen LogP contribution is -3.02. The van der Waals surface area contributed by atoms with E-state index in [1.807, 2.05) is 18.2 Å². The van der Waals surface area contributed by atoms with Crippen molar-refractivity contribution in [3.05, 3.63) is 35.9 Å². The molecule has 84 valence electrons. The summed E-state index contributed by atoms with van der Waals surface area (Å²) in [5, 5.41) is 0. The van der Waals surface area contributed by atoms with Crippen molar-refractivity contribution in [2.75, 3.05) is 21.1 Å². The van der Waals surface area contributed by atoms with Crippen molar-refractivity contribution in [2.45, 2.75) is 6.54 Å². The van der Waals surface area contributed by atoms with Gasteiger partial charge in [-0.1, -0.05) is 30.3 Å². The zero-order valence-corrected chi connectivity index (χ0v) is 12.2. The van der Waals surface area contributed by atoms with E-state index in [-0.39, 0.29) is 34.0 Å². The number of hydrogen-bond donors (Lipinski definition) is 2. The minimum absolute atomic E-state index is 0. The van der Waals surface area contributed by atoms with E-state index in [0.717, 1.165) is 6.54 Å². The predicted molar refractivity (Wildman–Crippen MR) is 51.8 cm³/mol. The topological polar surface area (TPSA) is 32.1 Å². The third-order valence-corrected chi connectivity index (χ3v) is 1.13. The van der Waals surface area contributed by atoms with Crippen LogP contribution in [0.3, 0.4) is 0 Å². The maximum atomic E-state index is 3.76. The van der Waals surface area contributed by atoms with Crippen molar-refractivity contribution >= 4 is 0 Å². The summed E-state index contributed by atoms with van der Waals surface area (Å²) in [6.07, 6.45) is 0. The van der Waals surface area contributed by atoms with E-state index in [1.54, 1.807) is 0 Å². The second-order valence-electron chi connectivity index (χ2n) is 3.24. The molecule has 1 aromatic rings. The molecule has 0 spiro atoms. The molecule has 1 aromatic carbocycles. The van der Waals surface area contributed by atoms with Gasteiger partial charge >= 0.3 is 0 Å². The SMILES string of the molecule is C[NH+](C)C.[Br-].[Br-].[NH3+]Cc1ccccc1. The maximum absolute atomic E-state index is 3.76. The molecule has 0 saturated heterocycles. The van der Waals surface area contributed by atoms with Crippen molar-refractivity contribution in [3.8, 4) is 0 Å². The van der Waals surface area contributed by atoms with Crippen molar-refractivity contribution in [1.29, 1.82) is 0 Å². The Hall–Kier alpha value is 0.1000. The van der Waals surface area contributed by atoms with Crippen LogP contribution in [0.4, 0.5) is 0 Å². The number of nitrogens with one attached hydrogen (secondary N) is 1. The van der Waals surface area contributed by atoms with Crippen LogP contribution in [0.25, 0.3) is 0 Å². The lowest BCUT2D eigenvalue weighted by atomic mass is 10.2. The largest absolute Gasteiger partial charge is 1.00 e. The van der Waals surface area contributed by atoms with Crippen molar-refractivity contribution in [1.82, 2.24) is 0 Å². The molecule has 0 radical (unpaired) electrons. The van der Waals surface area contributed by atoms with Gasteiger partial charge in [-0.05, 0) is 0 Å². The standard InChI is InChI=1S/C7H9N.C3H9N.2BrH/c8-6-7-4-2-1-3-5-7;1-4(2)3;;/h1-5H,6,8H2;1-3H3;2*1H. The molecular weight excluding hydrogens is 308 g/mol. The Kier molecular flexibility index (Phi) is 18.4. The van der Waals surface area contributed by atoms with Gasteiger partial charge in [0.2, 0.25) is 0 Å². The molecule has 0 aromatic heterocycles. The van der Waals surface area contributed by atoms with Crippen LogP contribution in [0.1, 0.15) is 5.56 Å². The molecular formula is C10H20Br2N2. The first-order chi connectivity index (χ1) is 5.66. The minimum atomic E-state index is 0. The highest BCUT2D eigenvalue weighted by atomic mass is 79.9.